The van der Waals surface area contributed by atoms with E-state index in [4.69, 9.17) is 28.9 Å². The Balaban J connectivity index is 2.67. The molecule has 0 aromatic heterocycles. The second-order valence-corrected chi connectivity index (χ2v) is 8.43. The molecule has 0 radical (unpaired) electrons. The number of carbonyl (C=O) groups is 1. The summed E-state index contributed by atoms with van der Waals surface area (Å²) in [6.07, 6.45) is 1.11. The highest BCUT2D eigenvalue weighted by Crippen LogP contribution is 2.36. The first-order valence-corrected chi connectivity index (χ1v) is 10.1. The van der Waals surface area contributed by atoms with E-state index in [9.17, 15) is 23.3 Å². The van der Waals surface area contributed by atoms with E-state index in [-0.39, 0.29) is 22.8 Å². The fourth-order valence-electron chi connectivity index (χ4n) is 2.50. The molecule has 2 aromatic carbocycles. The van der Waals surface area contributed by atoms with Gasteiger partial charge >= 0.3 is 0 Å². The van der Waals surface area contributed by atoms with Crippen LogP contribution in [0.4, 0.5) is 11.4 Å². The molecule has 0 aliphatic heterocycles. The number of halogens is 2. The molecule has 1 amide bonds. The van der Waals surface area contributed by atoms with Gasteiger partial charge in [0.2, 0.25) is 5.91 Å². The lowest BCUT2D eigenvalue weighted by atomic mass is 10.1. The van der Waals surface area contributed by atoms with Gasteiger partial charge in [-0.2, -0.15) is 0 Å². The van der Waals surface area contributed by atoms with E-state index in [0.717, 1.165) is 18.2 Å². The molecule has 0 saturated carbocycles. The molecule has 148 valence electrons. The second kappa shape index (κ2) is 8.59. The first kappa shape index (κ1) is 21.7. The lowest BCUT2D eigenvalue weighted by Gasteiger charge is -2.15. The fourth-order valence-corrected chi connectivity index (χ4v) is 4.44. The van der Waals surface area contributed by atoms with Gasteiger partial charge in [-0.15, -0.1) is 6.58 Å². The number of nitro benzene ring substituents is 1. The number of rotatable bonds is 8. The maximum absolute atomic E-state index is 12.7. The van der Waals surface area contributed by atoms with Gasteiger partial charge in [0.25, 0.3) is 5.69 Å². The topological polar surface area (TPSA) is 132 Å². The molecule has 0 spiro atoms. The second-order valence-electron chi connectivity index (χ2n) is 5.62. The summed E-state index contributed by atoms with van der Waals surface area (Å²) in [5.41, 5.74) is 4.55. The molecule has 11 heteroatoms. The molecule has 0 unspecified atom stereocenters. The van der Waals surface area contributed by atoms with E-state index < -0.39 is 37.0 Å². The minimum Gasteiger partial charge on any atom is -0.374 e. The molecular formula is C17H15Cl2N3O5S. The van der Waals surface area contributed by atoms with E-state index in [2.05, 4.69) is 11.9 Å². The third-order valence-corrected chi connectivity index (χ3v) is 6.02. The van der Waals surface area contributed by atoms with Crippen LogP contribution in [-0.4, -0.2) is 25.0 Å². The van der Waals surface area contributed by atoms with Crippen molar-refractivity contribution in [2.75, 3.05) is 11.1 Å². The van der Waals surface area contributed by atoms with Crippen molar-refractivity contribution in [3.8, 4) is 0 Å². The molecular weight excluding hydrogens is 429 g/mol. The summed E-state index contributed by atoms with van der Waals surface area (Å²) in [6, 6.07) is 6.65. The Hall–Kier alpha value is -2.62. The van der Waals surface area contributed by atoms with Crippen LogP contribution in [0.25, 0.3) is 0 Å². The normalized spacial score (nSPS) is 11.1. The van der Waals surface area contributed by atoms with Gasteiger partial charge < -0.3 is 11.1 Å². The number of hydrogen-bond acceptors (Lipinski definition) is 6. The van der Waals surface area contributed by atoms with Crippen LogP contribution in [0.15, 0.2) is 47.9 Å². The number of primary amides is 1. The molecule has 2 aromatic rings. The number of nitrogens with two attached hydrogens (primary N) is 1. The van der Waals surface area contributed by atoms with Crippen molar-refractivity contribution in [3.05, 3.63) is 74.3 Å². The lowest BCUT2D eigenvalue weighted by molar-refractivity contribution is -0.384. The van der Waals surface area contributed by atoms with Gasteiger partial charge in [-0.25, -0.2) is 8.42 Å². The summed E-state index contributed by atoms with van der Waals surface area (Å²) in [5.74, 6) is -1.57. The number of benzene rings is 2. The van der Waals surface area contributed by atoms with E-state index in [1.54, 1.807) is 12.1 Å². The van der Waals surface area contributed by atoms with Crippen molar-refractivity contribution >= 4 is 50.3 Å². The molecule has 0 heterocycles. The van der Waals surface area contributed by atoms with Gasteiger partial charge in [0.15, 0.2) is 9.84 Å². The Morgan fingerprint density at radius 3 is 2.50 bits per heavy atom. The molecule has 0 atom stereocenters. The Kier molecular flexibility index (Phi) is 6.65. The first-order valence-electron chi connectivity index (χ1n) is 7.71. The van der Waals surface area contributed by atoms with Crippen LogP contribution in [-0.2, 0) is 16.4 Å². The number of amides is 1. The maximum Gasteiger partial charge on any atom is 0.293 e. The molecule has 0 saturated heterocycles. The largest absolute Gasteiger partial charge is 0.374 e. The lowest BCUT2D eigenvalue weighted by Crippen LogP contribution is -2.20. The number of anilines is 1. The standard InChI is InChI=1S/C17H15Cl2N3O5S/c1-2-7-28(26,27)16-12(17(20)23)5-6-14(22(24)25)15(16)21-9-10-3-4-11(18)8-13(10)19/h2-6,8,21H,1,7,9H2,(H2,20,23). The highest BCUT2D eigenvalue weighted by atomic mass is 35.5. The Bertz CT molecular complexity index is 1070. The van der Waals surface area contributed by atoms with Crippen molar-refractivity contribution in [2.24, 2.45) is 5.73 Å². The summed E-state index contributed by atoms with van der Waals surface area (Å²) in [4.78, 5) is 21.9. The van der Waals surface area contributed by atoms with Crippen molar-refractivity contribution in [2.45, 2.75) is 11.4 Å². The predicted molar refractivity (Wildman–Crippen MR) is 108 cm³/mol. The Labute approximate surface area is 171 Å². The van der Waals surface area contributed by atoms with Gasteiger partial charge in [0, 0.05) is 22.7 Å². The smallest absolute Gasteiger partial charge is 0.293 e. The Morgan fingerprint density at radius 1 is 1.29 bits per heavy atom. The molecule has 0 aliphatic rings. The van der Waals surface area contributed by atoms with Crippen molar-refractivity contribution in [1.29, 1.82) is 0 Å². The molecule has 3 N–H and O–H groups in total. The summed E-state index contributed by atoms with van der Waals surface area (Å²) in [7, 11) is -4.13. The molecule has 0 fully saturated rings. The summed E-state index contributed by atoms with van der Waals surface area (Å²) >= 11 is 11.9. The average Bonchev–Trinajstić information content (AvgIpc) is 2.59. The van der Waals surface area contributed by atoms with Crippen LogP contribution in [0.1, 0.15) is 15.9 Å². The van der Waals surface area contributed by atoms with E-state index >= 15 is 0 Å². The van der Waals surface area contributed by atoms with E-state index in [1.807, 2.05) is 0 Å². The van der Waals surface area contributed by atoms with Crippen LogP contribution < -0.4 is 11.1 Å². The zero-order chi connectivity index (χ0) is 21.1. The van der Waals surface area contributed by atoms with Crippen LogP contribution in [0.5, 0.6) is 0 Å². The number of nitro groups is 1. The zero-order valence-electron chi connectivity index (χ0n) is 14.3. The van der Waals surface area contributed by atoms with Crippen LogP contribution in [0, 0.1) is 10.1 Å². The number of hydrogen-bond donors (Lipinski definition) is 2. The van der Waals surface area contributed by atoms with Crippen LogP contribution >= 0.6 is 23.2 Å². The van der Waals surface area contributed by atoms with Gasteiger partial charge in [-0.05, 0) is 23.8 Å². The number of nitrogens with one attached hydrogen (secondary N) is 1. The minimum atomic E-state index is -4.13. The number of sulfone groups is 1. The number of nitrogens with zero attached hydrogens (tertiary/aromatic N) is 1. The predicted octanol–water partition coefficient (Wildman–Crippen LogP) is 3.57. The summed E-state index contributed by atoms with van der Waals surface area (Å²) in [5, 5.41) is 14.8. The number of carbonyl (C=O) groups excluding carboxylic acids is 1. The van der Waals surface area contributed by atoms with Crippen molar-refractivity contribution in [1.82, 2.24) is 0 Å². The summed E-state index contributed by atoms with van der Waals surface area (Å²) < 4.78 is 25.4. The molecule has 0 aliphatic carbocycles. The first-order chi connectivity index (χ1) is 13.1. The molecule has 28 heavy (non-hydrogen) atoms. The minimum absolute atomic E-state index is 0.0599. The highest BCUT2D eigenvalue weighted by molar-refractivity contribution is 7.91. The highest BCUT2D eigenvalue weighted by Gasteiger charge is 2.30. The van der Waals surface area contributed by atoms with E-state index in [0.29, 0.717) is 10.6 Å². The third kappa shape index (κ3) is 4.61. The monoisotopic (exact) mass is 443 g/mol. The third-order valence-electron chi connectivity index (χ3n) is 3.72. The van der Waals surface area contributed by atoms with Gasteiger partial charge in [-0.1, -0.05) is 35.3 Å². The van der Waals surface area contributed by atoms with Crippen molar-refractivity contribution in [3.63, 3.8) is 0 Å². The summed E-state index contributed by atoms with van der Waals surface area (Å²) in [6.45, 7) is 3.31. The van der Waals surface area contributed by atoms with Gasteiger partial charge in [0.1, 0.15) is 10.6 Å². The van der Waals surface area contributed by atoms with Crippen LogP contribution in [0.2, 0.25) is 10.0 Å². The maximum atomic E-state index is 12.7. The van der Waals surface area contributed by atoms with Crippen molar-refractivity contribution < 1.29 is 18.1 Å². The zero-order valence-corrected chi connectivity index (χ0v) is 16.6. The van der Waals surface area contributed by atoms with Crippen LogP contribution in [0.3, 0.4) is 0 Å². The SMILES string of the molecule is C=CCS(=O)(=O)c1c(C(N)=O)ccc([N+](=O)[O-])c1NCc1ccc(Cl)cc1Cl. The average molecular weight is 444 g/mol. The van der Waals surface area contributed by atoms with Gasteiger partial charge in [0.05, 0.1) is 16.2 Å². The van der Waals surface area contributed by atoms with Gasteiger partial charge in [-0.3, -0.25) is 14.9 Å². The van der Waals surface area contributed by atoms with E-state index in [1.165, 1.54) is 6.07 Å². The fraction of sp³-hybridized carbons (Fsp3) is 0.118. The quantitative estimate of drug-likeness (QED) is 0.363. The molecule has 0 bridgehead atoms. The molecule has 8 nitrogen and oxygen atoms in total. The Morgan fingerprint density at radius 2 is 1.96 bits per heavy atom. The molecule has 2 rings (SSSR count).